The number of nitrogens with one attached hydrogen (secondary N) is 1. The molecule has 24 heteroatoms. The summed E-state index contributed by atoms with van der Waals surface area (Å²) < 4.78 is 54.7. The van der Waals surface area contributed by atoms with E-state index in [2.05, 4.69) is 13.1 Å². The van der Waals surface area contributed by atoms with Crippen molar-refractivity contribution in [2.75, 3.05) is 13.7 Å². The second-order valence-corrected chi connectivity index (χ2v) is 9.82. The number of aliphatic hydroxyl groups excluding tert-OH is 1. The van der Waals surface area contributed by atoms with E-state index in [1.54, 1.807) is 0 Å². The Bertz CT molecular complexity index is 1030. The van der Waals surface area contributed by atoms with Gasteiger partial charge in [0.05, 0.1) is 14.4 Å². The van der Waals surface area contributed by atoms with Crippen molar-refractivity contribution >= 4 is 23.5 Å². The summed E-state index contributed by atoms with van der Waals surface area (Å²) >= 11 is 0. The number of H-pyrrole nitrogens is 1. The van der Waals surface area contributed by atoms with Gasteiger partial charge in [-0.25, -0.2) is 9.11 Å². The minimum Gasteiger partial charge on any atom is -0.790 e. The van der Waals surface area contributed by atoms with Crippen molar-refractivity contribution in [3.8, 4) is 0 Å². The van der Waals surface area contributed by atoms with E-state index in [9.17, 15) is 48.0 Å². The smallest absolute Gasteiger partial charge is 0.790 e. The molecule has 0 saturated carbocycles. The van der Waals surface area contributed by atoms with Gasteiger partial charge in [-0.2, -0.15) is 0 Å². The van der Waals surface area contributed by atoms with Crippen molar-refractivity contribution in [1.82, 2.24) is 9.55 Å². The molecule has 2 rings (SSSR count). The number of aliphatic hydroxyl groups is 1. The summed E-state index contributed by atoms with van der Waals surface area (Å²) in [5.41, 5.74) is -1.70. The van der Waals surface area contributed by atoms with E-state index in [1.165, 1.54) is 0 Å². The summed E-state index contributed by atoms with van der Waals surface area (Å²) in [6.45, 7) is -1.03. The molecule has 17 nitrogen and oxygen atoms in total. The molecule has 1 saturated heterocycles. The number of hydrogen-bond donors (Lipinski definition) is 2. The third-order valence-corrected chi connectivity index (χ3v) is 7.17. The monoisotopic (exact) mass is 522 g/mol. The summed E-state index contributed by atoms with van der Waals surface area (Å²) in [4.78, 5) is 68.2. The Kier molecular flexibility index (Phi) is 18.4. The van der Waals surface area contributed by atoms with E-state index < -0.39 is 65.9 Å². The first-order valence-electron chi connectivity index (χ1n) is 7.53. The Labute approximate surface area is 239 Å². The second-order valence-electron chi connectivity index (χ2n) is 5.57. The van der Waals surface area contributed by atoms with E-state index in [-0.39, 0.29) is 75.4 Å². The van der Waals surface area contributed by atoms with Crippen LogP contribution in [0.3, 0.4) is 0 Å². The van der Waals surface area contributed by atoms with Crippen molar-refractivity contribution in [2.24, 2.45) is 0 Å². The number of phosphoric acid groups is 3. The van der Waals surface area contributed by atoms with E-state index in [4.69, 9.17) is 9.47 Å². The van der Waals surface area contributed by atoms with Crippen molar-refractivity contribution in [1.29, 1.82) is 0 Å². The average molecular weight is 522 g/mol. The molecule has 1 fully saturated rings. The molecule has 34 heavy (non-hydrogen) atoms. The van der Waals surface area contributed by atoms with Gasteiger partial charge in [0.2, 0.25) is 0 Å². The van der Waals surface area contributed by atoms with Crippen LogP contribution in [0.2, 0.25) is 0 Å². The number of rotatable bonds is 9. The molecular formula is C10H13Li4N2O15P3. The molecule has 1 aromatic heterocycles. The molecule has 1 aliphatic rings. The molecule has 2 N–H and O–H groups in total. The minimum atomic E-state index is -6.14. The molecule has 0 spiro atoms. The van der Waals surface area contributed by atoms with Crippen molar-refractivity contribution < 1.29 is 136 Å². The topological polar surface area (TPSA) is 265 Å². The van der Waals surface area contributed by atoms with Gasteiger partial charge in [-0.3, -0.25) is 27.8 Å². The maximum absolute atomic E-state index is 11.8. The molecule has 6 unspecified atom stereocenters. The predicted molar refractivity (Wildman–Crippen MR) is 83.0 cm³/mol. The van der Waals surface area contributed by atoms with Crippen molar-refractivity contribution in [2.45, 2.75) is 24.5 Å². The van der Waals surface area contributed by atoms with Crippen LogP contribution in [0.1, 0.15) is 6.23 Å². The third kappa shape index (κ3) is 11.8. The van der Waals surface area contributed by atoms with Gasteiger partial charge in [-0.1, -0.05) is 0 Å². The van der Waals surface area contributed by atoms with E-state index in [0.717, 1.165) is 23.9 Å². The van der Waals surface area contributed by atoms with Crippen LogP contribution >= 0.6 is 23.5 Å². The summed E-state index contributed by atoms with van der Waals surface area (Å²) in [5, 5.41) is 10.3. The van der Waals surface area contributed by atoms with Gasteiger partial charge in [0, 0.05) is 19.4 Å². The van der Waals surface area contributed by atoms with Crippen LogP contribution in [0.4, 0.5) is 0 Å². The maximum Gasteiger partial charge on any atom is 1.00 e. The van der Waals surface area contributed by atoms with Gasteiger partial charge in [-0.05, 0) is 0 Å². The number of nitrogens with zero attached hydrogens (tertiary/aromatic N) is 1. The van der Waals surface area contributed by atoms with Gasteiger partial charge >= 0.3 is 81.1 Å². The van der Waals surface area contributed by atoms with Crippen LogP contribution in [-0.2, 0) is 36.3 Å². The van der Waals surface area contributed by atoms with Crippen molar-refractivity contribution in [3.63, 3.8) is 0 Å². The molecule has 0 aliphatic carbocycles. The van der Waals surface area contributed by atoms with E-state index in [0.29, 0.717) is 0 Å². The molecule has 0 bridgehead atoms. The SMILES string of the molecule is COC1C(COP(=O)([O-])OP(=O)([O-])OP(=O)([O-])[O-])OC(n2ccc(=O)[nH]c2=O)C1O.[Li+].[Li+].[Li+].[Li+]. The Morgan fingerprint density at radius 3 is 2.09 bits per heavy atom. The number of methoxy groups -OCH3 is 1. The number of aromatic amines is 1. The van der Waals surface area contributed by atoms with Crippen molar-refractivity contribution in [3.05, 3.63) is 33.1 Å². The zero-order valence-corrected chi connectivity index (χ0v) is 21.3. The zero-order valence-electron chi connectivity index (χ0n) is 18.6. The normalized spacial score (nSPS) is 25.4. The van der Waals surface area contributed by atoms with Crippen LogP contribution in [0, 0.1) is 0 Å². The Balaban J connectivity index is -0.00000240. The fraction of sp³-hybridized carbons (Fsp3) is 0.600. The molecule has 1 aliphatic heterocycles. The van der Waals surface area contributed by atoms with Crippen LogP contribution in [0.5, 0.6) is 0 Å². The molecular weight excluding hydrogens is 509 g/mol. The number of phosphoric ester groups is 1. The number of hydrogen-bond acceptors (Lipinski definition) is 15. The molecule has 0 radical (unpaired) electrons. The molecule has 172 valence electrons. The minimum absolute atomic E-state index is 0. The molecule has 0 aromatic carbocycles. The Morgan fingerprint density at radius 1 is 1.06 bits per heavy atom. The van der Waals surface area contributed by atoms with Crippen LogP contribution in [-0.4, -0.2) is 46.7 Å². The zero-order chi connectivity index (χ0) is 22.9. The average Bonchev–Trinajstić information content (AvgIpc) is 2.85. The van der Waals surface area contributed by atoms with Crippen LogP contribution in [0.15, 0.2) is 21.9 Å². The fourth-order valence-corrected chi connectivity index (χ4v) is 5.32. The third-order valence-electron chi connectivity index (χ3n) is 3.50. The Morgan fingerprint density at radius 2 is 1.62 bits per heavy atom. The summed E-state index contributed by atoms with van der Waals surface area (Å²) in [6.07, 6.45) is -4.76. The molecule has 1 aromatic rings. The molecule has 0 amide bonds. The first kappa shape index (κ1) is 39.9. The second kappa shape index (κ2) is 15.7. The van der Waals surface area contributed by atoms with Gasteiger partial charge in [0.25, 0.3) is 21.2 Å². The maximum atomic E-state index is 11.8. The number of aromatic nitrogens is 2. The quantitative estimate of drug-likeness (QED) is 0.225. The first-order valence-corrected chi connectivity index (χ1v) is 11.9. The summed E-state index contributed by atoms with van der Waals surface area (Å²) in [7, 11) is -17.0. The Hall–Kier alpha value is 1.36. The first-order chi connectivity index (χ1) is 13.6. The summed E-state index contributed by atoms with van der Waals surface area (Å²) in [5.74, 6) is 0. The number of ether oxygens (including phenoxy) is 2. The molecule has 2 heterocycles. The van der Waals surface area contributed by atoms with Crippen LogP contribution in [0.25, 0.3) is 0 Å². The van der Waals surface area contributed by atoms with E-state index >= 15 is 0 Å². The standard InChI is InChI=1S/C10H17N2O15P3.4Li/c1-23-8-5(4-24-29(19,20)27-30(21,22)26-28(16,17)18)25-9(7(8)14)12-3-2-6(13)11-10(12)15;;;;/h2-3,5,7-9,14H,4H2,1H3,(H,19,20)(H,21,22)(H,11,13,15)(H2,16,17,18);;;;/q;4*+1/p-4. The van der Waals surface area contributed by atoms with Crippen LogP contribution < -0.4 is 106 Å². The van der Waals surface area contributed by atoms with Gasteiger partial charge in [-0.15, -0.1) is 0 Å². The van der Waals surface area contributed by atoms with Gasteiger partial charge in [0.1, 0.15) is 18.3 Å². The fourth-order valence-electron chi connectivity index (χ4n) is 2.45. The largest absolute Gasteiger partial charge is 1.00 e. The molecule has 6 atom stereocenters. The van der Waals surface area contributed by atoms with Gasteiger partial charge < -0.3 is 43.2 Å². The van der Waals surface area contributed by atoms with E-state index in [1.807, 2.05) is 4.98 Å². The summed E-state index contributed by atoms with van der Waals surface area (Å²) in [6, 6.07) is 0.944. The van der Waals surface area contributed by atoms with Gasteiger partial charge in [0.15, 0.2) is 6.23 Å². The predicted octanol–water partition coefficient (Wildman–Crippen LogP) is -16.4.